The minimum atomic E-state index is 0.258. The second-order valence-electron chi connectivity index (χ2n) is 6.15. The van der Waals surface area contributed by atoms with Crippen molar-refractivity contribution in [1.29, 1.82) is 0 Å². The zero-order valence-corrected chi connectivity index (χ0v) is 15.1. The molecule has 3 rings (SSSR count). The number of nitrogens with zero attached hydrogens (tertiary/aromatic N) is 1. The number of aliphatic imine (C=N–C) groups is 1. The van der Waals surface area contributed by atoms with Gasteiger partial charge in [-0.1, -0.05) is 38.5 Å². The third-order valence-corrected chi connectivity index (χ3v) is 6.05. The van der Waals surface area contributed by atoms with Gasteiger partial charge in [0, 0.05) is 15.0 Å². The van der Waals surface area contributed by atoms with Gasteiger partial charge in [-0.3, -0.25) is 4.99 Å². The number of halogens is 1. The molecule has 0 bridgehead atoms. The number of nitrogens with one attached hydrogen (secondary N) is 1. The molecule has 0 saturated heterocycles. The smallest absolute Gasteiger partial charge is 0.161 e. The van der Waals surface area contributed by atoms with Gasteiger partial charge < -0.3 is 5.32 Å². The van der Waals surface area contributed by atoms with Crippen LogP contribution in [0.3, 0.4) is 0 Å². The van der Waals surface area contributed by atoms with Crippen molar-refractivity contribution >= 4 is 45.2 Å². The van der Waals surface area contributed by atoms with Gasteiger partial charge in [0.2, 0.25) is 0 Å². The van der Waals surface area contributed by atoms with E-state index < -0.39 is 0 Å². The standard InChI is InChI=1S/C16H21IN2S/c1-11(2)13-9-12(17)5-6-14(13)18-15-19-16(10-20-15)7-3-4-8-16/h5-6,9,11H,3-4,7-8,10H2,1-2H3,(H,18,19). The molecule has 1 aliphatic heterocycles. The molecule has 108 valence electrons. The van der Waals surface area contributed by atoms with Crippen molar-refractivity contribution in [2.75, 3.05) is 11.1 Å². The summed E-state index contributed by atoms with van der Waals surface area (Å²) < 4.78 is 1.30. The molecule has 1 heterocycles. The van der Waals surface area contributed by atoms with Gasteiger partial charge in [-0.2, -0.15) is 0 Å². The lowest BCUT2D eigenvalue weighted by atomic mass is 10.0. The summed E-state index contributed by atoms with van der Waals surface area (Å²) in [4.78, 5) is 5.00. The van der Waals surface area contributed by atoms with E-state index in [4.69, 9.17) is 4.99 Å². The quantitative estimate of drug-likeness (QED) is 0.687. The van der Waals surface area contributed by atoms with Crippen LogP contribution in [0.15, 0.2) is 23.2 Å². The summed E-state index contributed by atoms with van der Waals surface area (Å²) in [5.41, 5.74) is 2.86. The monoisotopic (exact) mass is 400 g/mol. The van der Waals surface area contributed by atoms with Gasteiger partial charge in [0.25, 0.3) is 0 Å². The summed E-state index contributed by atoms with van der Waals surface area (Å²) in [5, 5.41) is 4.70. The van der Waals surface area contributed by atoms with Crippen LogP contribution in [-0.2, 0) is 0 Å². The summed E-state index contributed by atoms with van der Waals surface area (Å²) in [6.45, 7) is 4.50. The maximum atomic E-state index is 5.00. The maximum absolute atomic E-state index is 5.00. The molecule has 1 aliphatic carbocycles. The lowest BCUT2D eigenvalue weighted by molar-refractivity contribution is 0.508. The van der Waals surface area contributed by atoms with Crippen LogP contribution in [0.5, 0.6) is 0 Å². The van der Waals surface area contributed by atoms with E-state index in [1.807, 2.05) is 11.8 Å². The molecule has 1 N–H and O–H groups in total. The van der Waals surface area contributed by atoms with E-state index in [0.717, 1.165) is 10.9 Å². The van der Waals surface area contributed by atoms with Crippen molar-refractivity contribution in [3.05, 3.63) is 27.3 Å². The largest absolute Gasteiger partial charge is 0.335 e. The number of hydrogen-bond donors (Lipinski definition) is 1. The second kappa shape index (κ2) is 5.87. The summed E-state index contributed by atoms with van der Waals surface area (Å²) >= 11 is 4.28. The van der Waals surface area contributed by atoms with Crippen LogP contribution in [0.4, 0.5) is 5.69 Å². The van der Waals surface area contributed by atoms with Crippen LogP contribution >= 0.6 is 34.4 Å². The van der Waals surface area contributed by atoms with E-state index in [1.165, 1.54) is 40.5 Å². The Hall–Kier alpha value is -0.230. The van der Waals surface area contributed by atoms with Gasteiger partial charge in [-0.25, -0.2) is 0 Å². The normalized spacial score (nSPS) is 20.7. The SMILES string of the molecule is CC(C)c1cc(I)ccc1NC1=NC2(CCCC2)CS1. The van der Waals surface area contributed by atoms with Crippen LogP contribution in [0.2, 0.25) is 0 Å². The topological polar surface area (TPSA) is 24.4 Å². The van der Waals surface area contributed by atoms with Crippen LogP contribution in [-0.4, -0.2) is 16.5 Å². The van der Waals surface area contributed by atoms with Gasteiger partial charge in [0.15, 0.2) is 5.17 Å². The van der Waals surface area contributed by atoms with Gasteiger partial charge in [-0.15, -0.1) is 0 Å². The Morgan fingerprint density at radius 2 is 2.05 bits per heavy atom. The Kier molecular flexibility index (Phi) is 4.32. The first-order valence-electron chi connectivity index (χ1n) is 7.37. The molecule has 0 aromatic heterocycles. The lowest BCUT2D eigenvalue weighted by Crippen LogP contribution is -2.21. The number of anilines is 1. The van der Waals surface area contributed by atoms with Gasteiger partial charge in [0.1, 0.15) is 0 Å². The molecular weight excluding hydrogens is 379 g/mol. The highest BCUT2D eigenvalue weighted by Gasteiger charge is 2.38. The molecule has 1 aromatic carbocycles. The number of amidine groups is 1. The van der Waals surface area contributed by atoms with Gasteiger partial charge >= 0.3 is 0 Å². The molecule has 2 aliphatic rings. The molecule has 4 heteroatoms. The molecule has 0 amide bonds. The molecule has 1 fully saturated rings. The average molecular weight is 400 g/mol. The Labute approximate surface area is 139 Å². The van der Waals surface area contributed by atoms with E-state index in [0.29, 0.717) is 5.92 Å². The fourth-order valence-corrected chi connectivity index (χ4v) is 4.79. The maximum Gasteiger partial charge on any atom is 0.161 e. The molecule has 1 spiro atoms. The van der Waals surface area contributed by atoms with Crippen molar-refractivity contribution in [1.82, 2.24) is 0 Å². The average Bonchev–Trinajstić information content (AvgIpc) is 3.02. The van der Waals surface area contributed by atoms with E-state index >= 15 is 0 Å². The van der Waals surface area contributed by atoms with E-state index in [-0.39, 0.29) is 5.54 Å². The number of rotatable bonds is 2. The van der Waals surface area contributed by atoms with Crippen LogP contribution < -0.4 is 5.32 Å². The lowest BCUT2D eigenvalue weighted by Gasteiger charge is -2.16. The van der Waals surface area contributed by atoms with E-state index in [2.05, 4.69) is 60.0 Å². The number of benzene rings is 1. The summed E-state index contributed by atoms with van der Waals surface area (Å²) in [6.07, 6.45) is 5.24. The summed E-state index contributed by atoms with van der Waals surface area (Å²) in [6, 6.07) is 6.64. The zero-order valence-electron chi connectivity index (χ0n) is 12.1. The molecule has 2 nitrogen and oxygen atoms in total. The van der Waals surface area contributed by atoms with E-state index in [9.17, 15) is 0 Å². The minimum Gasteiger partial charge on any atom is -0.335 e. The highest BCUT2D eigenvalue weighted by molar-refractivity contribution is 14.1. The second-order valence-corrected chi connectivity index (χ2v) is 8.36. The van der Waals surface area contributed by atoms with Crippen molar-refractivity contribution in [2.45, 2.75) is 51.0 Å². The Balaban J connectivity index is 1.82. The van der Waals surface area contributed by atoms with Crippen molar-refractivity contribution in [2.24, 2.45) is 4.99 Å². The highest BCUT2D eigenvalue weighted by Crippen LogP contribution is 2.41. The fourth-order valence-electron chi connectivity index (χ4n) is 3.08. The number of hydrogen-bond acceptors (Lipinski definition) is 3. The van der Waals surface area contributed by atoms with Gasteiger partial charge in [-0.05, 0) is 65.1 Å². The number of thioether (sulfide) groups is 1. The molecule has 0 unspecified atom stereocenters. The van der Waals surface area contributed by atoms with Crippen molar-refractivity contribution < 1.29 is 0 Å². The molecule has 20 heavy (non-hydrogen) atoms. The first-order valence-corrected chi connectivity index (χ1v) is 9.44. The first kappa shape index (κ1) is 14.7. The zero-order chi connectivity index (χ0) is 14.2. The van der Waals surface area contributed by atoms with Crippen LogP contribution in [0.1, 0.15) is 51.0 Å². The molecule has 0 atom stereocenters. The predicted molar refractivity (Wildman–Crippen MR) is 98.0 cm³/mol. The first-order chi connectivity index (χ1) is 9.58. The summed E-state index contributed by atoms with van der Waals surface area (Å²) in [7, 11) is 0. The molecular formula is C16H21IN2S. The third kappa shape index (κ3) is 3.01. The molecule has 1 aromatic rings. The Bertz CT molecular complexity index is 533. The summed E-state index contributed by atoms with van der Waals surface area (Å²) in [5.74, 6) is 1.69. The predicted octanol–water partition coefficient (Wildman–Crippen LogP) is 5.24. The minimum absolute atomic E-state index is 0.258. The van der Waals surface area contributed by atoms with Gasteiger partial charge in [0.05, 0.1) is 5.54 Å². The van der Waals surface area contributed by atoms with Crippen LogP contribution in [0.25, 0.3) is 0 Å². The fraction of sp³-hybridized carbons (Fsp3) is 0.562. The Morgan fingerprint density at radius 3 is 2.75 bits per heavy atom. The molecule has 0 radical (unpaired) electrons. The highest BCUT2D eigenvalue weighted by atomic mass is 127. The van der Waals surface area contributed by atoms with Crippen LogP contribution in [0, 0.1) is 3.57 Å². The van der Waals surface area contributed by atoms with Crippen molar-refractivity contribution in [3.63, 3.8) is 0 Å². The Morgan fingerprint density at radius 1 is 1.30 bits per heavy atom. The third-order valence-electron chi connectivity index (χ3n) is 4.23. The van der Waals surface area contributed by atoms with Crippen molar-refractivity contribution in [3.8, 4) is 0 Å². The molecule has 1 saturated carbocycles. The van der Waals surface area contributed by atoms with E-state index in [1.54, 1.807) is 0 Å².